The van der Waals surface area contributed by atoms with Crippen molar-refractivity contribution in [3.05, 3.63) is 77.4 Å². The SMILES string of the molecule is COc1ccc(C=CC(=O)c2ccc(O[C@@H]3O[C@H](COC(=O)c4cc(O)c(O)c(O)c4)[C@@H](O)[C@H](O)[C@H]3O)cc2O)cc1. The number of phenolic OH excluding ortho intramolecular Hbond substituents is 4. The second kappa shape index (κ2) is 12.8. The number of aliphatic hydroxyl groups is 3. The number of aliphatic hydroxyl groups excluding tert-OH is 3. The Morgan fingerprint density at radius 3 is 2.10 bits per heavy atom. The Balaban J connectivity index is 1.40. The van der Waals surface area contributed by atoms with Crippen LogP contribution in [0.25, 0.3) is 6.08 Å². The first-order valence-electron chi connectivity index (χ1n) is 12.5. The van der Waals surface area contributed by atoms with Gasteiger partial charge in [-0.2, -0.15) is 0 Å². The molecule has 0 unspecified atom stereocenters. The normalized spacial score (nSPS) is 22.0. The summed E-state index contributed by atoms with van der Waals surface area (Å²) >= 11 is 0. The van der Waals surface area contributed by atoms with Crippen LogP contribution in [0.1, 0.15) is 26.3 Å². The number of carbonyl (C=O) groups is 2. The standard InChI is InChI=1S/C29H28O13/c1-39-16-5-2-14(3-6-16)4-9-19(30)18-8-7-17(12-20(18)31)41-29-27(37)26(36)25(35)23(42-29)13-40-28(38)15-10-21(32)24(34)22(33)11-15/h2-12,23,25-27,29,31-37H,13H2,1H3/t23-,25-,26+,27-,29-/m1/s1. The van der Waals surface area contributed by atoms with Gasteiger partial charge in [0.15, 0.2) is 23.0 Å². The number of aromatic hydroxyl groups is 4. The number of hydrogen-bond donors (Lipinski definition) is 7. The van der Waals surface area contributed by atoms with Crippen LogP contribution >= 0.6 is 0 Å². The Labute approximate surface area is 238 Å². The second-order valence-corrected chi connectivity index (χ2v) is 9.24. The summed E-state index contributed by atoms with van der Waals surface area (Å²) < 4.78 is 21.2. The summed E-state index contributed by atoms with van der Waals surface area (Å²) in [7, 11) is 1.54. The topological polar surface area (TPSA) is 213 Å². The maximum absolute atomic E-state index is 12.6. The lowest BCUT2D eigenvalue weighted by Gasteiger charge is -2.39. The molecule has 1 aliphatic rings. The summed E-state index contributed by atoms with van der Waals surface area (Å²) in [6.07, 6.45) is -5.40. The number of phenols is 4. The molecule has 0 spiro atoms. The molecular formula is C29H28O13. The number of rotatable bonds is 9. The fourth-order valence-electron chi connectivity index (χ4n) is 4.02. The smallest absolute Gasteiger partial charge is 0.338 e. The fourth-order valence-corrected chi connectivity index (χ4v) is 4.02. The minimum Gasteiger partial charge on any atom is -0.507 e. The molecule has 13 nitrogen and oxygen atoms in total. The number of ketones is 1. The number of hydrogen-bond acceptors (Lipinski definition) is 13. The van der Waals surface area contributed by atoms with Gasteiger partial charge in [0.05, 0.1) is 18.2 Å². The van der Waals surface area contributed by atoms with Crippen LogP contribution in [0.3, 0.4) is 0 Å². The number of esters is 1. The Kier molecular flexibility index (Phi) is 9.18. The lowest BCUT2D eigenvalue weighted by molar-refractivity contribution is -0.277. The summed E-state index contributed by atoms with van der Waals surface area (Å²) in [5, 5.41) is 70.0. The molecule has 1 saturated heterocycles. The predicted octanol–water partition coefficient (Wildman–Crippen LogP) is 1.46. The van der Waals surface area contributed by atoms with Gasteiger partial charge in [-0.3, -0.25) is 4.79 Å². The quantitative estimate of drug-likeness (QED) is 0.0822. The first kappa shape index (κ1) is 30.1. The van der Waals surface area contributed by atoms with Gasteiger partial charge in [0.25, 0.3) is 0 Å². The number of ether oxygens (including phenoxy) is 4. The number of benzene rings is 3. The van der Waals surface area contributed by atoms with Gasteiger partial charge in [-0.15, -0.1) is 0 Å². The highest BCUT2D eigenvalue weighted by molar-refractivity contribution is 6.08. The van der Waals surface area contributed by atoms with Crippen LogP contribution in [0.15, 0.2) is 60.7 Å². The van der Waals surface area contributed by atoms with Crippen molar-refractivity contribution < 1.29 is 64.3 Å². The maximum Gasteiger partial charge on any atom is 0.338 e. The van der Waals surface area contributed by atoms with Gasteiger partial charge >= 0.3 is 5.97 Å². The third-order valence-electron chi connectivity index (χ3n) is 6.38. The molecule has 0 aliphatic carbocycles. The Bertz CT molecular complexity index is 1440. The van der Waals surface area contributed by atoms with Gasteiger partial charge in [0, 0.05) is 6.07 Å². The molecule has 5 atom stereocenters. The monoisotopic (exact) mass is 584 g/mol. The summed E-state index contributed by atoms with van der Waals surface area (Å²) in [6.45, 7) is -0.648. The van der Waals surface area contributed by atoms with Crippen molar-refractivity contribution in [2.45, 2.75) is 30.7 Å². The highest BCUT2D eigenvalue weighted by atomic mass is 16.7. The van der Waals surface area contributed by atoms with Crippen LogP contribution in [0.5, 0.6) is 34.5 Å². The van der Waals surface area contributed by atoms with Gasteiger partial charge in [-0.25, -0.2) is 4.79 Å². The summed E-state index contributed by atoms with van der Waals surface area (Å²) in [6, 6.07) is 12.3. The minimum atomic E-state index is -1.79. The molecule has 0 aromatic heterocycles. The van der Waals surface area contributed by atoms with Crippen LogP contribution in [0.4, 0.5) is 0 Å². The largest absolute Gasteiger partial charge is 0.507 e. The molecule has 0 radical (unpaired) electrons. The van der Waals surface area contributed by atoms with Crippen LogP contribution in [0, 0.1) is 0 Å². The van der Waals surface area contributed by atoms with Crippen LogP contribution < -0.4 is 9.47 Å². The highest BCUT2D eigenvalue weighted by Gasteiger charge is 2.45. The predicted molar refractivity (Wildman–Crippen MR) is 143 cm³/mol. The first-order valence-corrected chi connectivity index (χ1v) is 12.5. The van der Waals surface area contributed by atoms with Crippen LogP contribution in [-0.4, -0.2) is 91.9 Å². The highest BCUT2D eigenvalue weighted by Crippen LogP contribution is 2.35. The van der Waals surface area contributed by atoms with E-state index >= 15 is 0 Å². The molecule has 1 fully saturated rings. The molecule has 13 heteroatoms. The van der Waals surface area contributed by atoms with Crippen molar-refractivity contribution >= 4 is 17.8 Å². The summed E-state index contributed by atoms with van der Waals surface area (Å²) in [4.78, 5) is 24.9. The molecule has 0 bridgehead atoms. The second-order valence-electron chi connectivity index (χ2n) is 9.24. The summed E-state index contributed by atoms with van der Waals surface area (Å²) in [5.41, 5.74) is 0.363. The lowest BCUT2D eigenvalue weighted by atomic mass is 9.99. The van der Waals surface area contributed by atoms with Gasteiger partial charge < -0.3 is 54.7 Å². The van der Waals surface area contributed by atoms with Gasteiger partial charge in [0.1, 0.15) is 48.3 Å². The van der Waals surface area contributed by atoms with Crippen molar-refractivity contribution in [3.8, 4) is 34.5 Å². The van der Waals surface area contributed by atoms with E-state index in [2.05, 4.69) is 0 Å². The molecule has 1 aliphatic heterocycles. The number of methoxy groups -OCH3 is 1. The van der Waals surface area contributed by atoms with E-state index in [1.165, 1.54) is 25.3 Å². The molecule has 3 aromatic carbocycles. The van der Waals surface area contributed by atoms with E-state index in [9.17, 15) is 45.3 Å². The third-order valence-corrected chi connectivity index (χ3v) is 6.38. The minimum absolute atomic E-state index is 0.0382. The van der Waals surface area contributed by atoms with E-state index < -0.39 is 72.1 Å². The molecule has 7 N–H and O–H groups in total. The van der Waals surface area contributed by atoms with E-state index in [1.54, 1.807) is 30.3 Å². The van der Waals surface area contributed by atoms with Gasteiger partial charge in [0.2, 0.25) is 6.29 Å². The van der Waals surface area contributed by atoms with Gasteiger partial charge in [-0.05, 0) is 48.0 Å². The van der Waals surface area contributed by atoms with Crippen molar-refractivity contribution in [2.75, 3.05) is 13.7 Å². The van der Waals surface area contributed by atoms with E-state index in [0.29, 0.717) is 5.75 Å². The molecule has 0 saturated carbocycles. The molecular weight excluding hydrogens is 556 g/mol. The third kappa shape index (κ3) is 6.72. The average molecular weight is 585 g/mol. The molecule has 0 amide bonds. The van der Waals surface area contributed by atoms with E-state index in [1.807, 2.05) is 0 Å². The molecule has 222 valence electrons. The van der Waals surface area contributed by atoms with Crippen LogP contribution in [0.2, 0.25) is 0 Å². The zero-order valence-electron chi connectivity index (χ0n) is 22.0. The Hall–Kier alpha value is -4.82. The fraction of sp³-hybridized carbons (Fsp3) is 0.241. The van der Waals surface area contributed by atoms with Crippen molar-refractivity contribution in [1.29, 1.82) is 0 Å². The summed E-state index contributed by atoms with van der Waals surface area (Å²) in [5.74, 6) is -3.78. The van der Waals surface area contributed by atoms with Crippen molar-refractivity contribution in [2.24, 2.45) is 0 Å². The van der Waals surface area contributed by atoms with Gasteiger partial charge in [-0.1, -0.05) is 18.2 Å². The number of carbonyl (C=O) groups excluding carboxylic acids is 2. The lowest BCUT2D eigenvalue weighted by Crippen LogP contribution is -2.60. The zero-order valence-corrected chi connectivity index (χ0v) is 22.0. The van der Waals surface area contributed by atoms with Crippen LogP contribution in [-0.2, 0) is 9.47 Å². The average Bonchev–Trinajstić information content (AvgIpc) is 2.98. The molecule has 4 rings (SSSR count). The molecule has 42 heavy (non-hydrogen) atoms. The number of allylic oxidation sites excluding steroid dienone is 1. The van der Waals surface area contributed by atoms with E-state index in [0.717, 1.165) is 23.8 Å². The van der Waals surface area contributed by atoms with E-state index in [-0.39, 0.29) is 16.9 Å². The molecule has 3 aromatic rings. The molecule has 1 heterocycles. The Morgan fingerprint density at radius 2 is 1.48 bits per heavy atom. The Morgan fingerprint density at radius 1 is 0.833 bits per heavy atom. The van der Waals surface area contributed by atoms with E-state index in [4.69, 9.17) is 18.9 Å². The zero-order chi connectivity index (χ0) is 30.6. The van der Waals surface area contributed by atoms with Crippen molar-refractivity contribution in [1.82, 2.24) is 0 Å². The first-order chi connectivity index (χ1) is 20.0. The maximum atomic E-state index is 12.6. The van der Waals surface area contributed by atoms with Crippen molar-refractivity contribution in [3.63, 3.8) is 0 Å².